The Hall–Kier alpha value is -1.68. The van der Waals surface area contributed by atoms with Crippen LogP contribution in [0.25, 0.3) is 5.57 Å². The molecule has 2 N–H and O–H groups in total. The summed E-state index contributed by atoms with van der Waals surface area (Å²) in [4.78, 5) is 4.41. The zero-order valence-corrected chi connectivity index (χ0v) is 20.1. The highest BCUT2D eigenvalue weighted by Gasteiger charge is 2.56. The largest absolute Gasteiger partial charge is 0.363 e. The van der Waals surface area contributed by atoms with Crippen molar-refractivity contribution in [2.45, 2.75) is 71.8 Å². The quantitative estimate of drug-likeness (QED) is 0.458. The highest BCUT2D eigenvalue weighted by molar-refractivity contribution is 7.80. The summed E-state index contributed by atoms with van der Waals surface area (Å²) in [5, 5.41) is 7.65. The summed E-state index contributed by atoms with van der Waals surface area (Å²) < 4.78 is 0. The zero-order valence-electron chi connectivity index (χ0n) is 19.3. The van der Waals surface area contributed by atoms with Gasteiger partial charge < -0.3 is 10.6 Å². The van der Waals surface area contributed by atoms with Crippen LogP contribution in [0.3, 0.4) is 0 Å². The molecular formula is C27H37N3S. The molecule has 4 aliphatic rings. The van der Waals surface area contributed by atoms with Crippen LogP contribution in [0.1, 0.15) is 71.3 Å². The van der Waals surface area contributed by atoms with E-state index in [0.717, 1.165) is 35.8 Å². The minimum atomic E-state index is 0.308. The summed E-state index contributed by atoms with van der Waals surface area (Å²) in [5.41, 5.74) is 5.29. The standard InChI is InChI=1S/C27H37N3S/c1-4-29-25(31)30-20-11-13-26(2)19(16-20)7-8-21-23-10-9-22(18-6-5-15-28-17-18)27(23,3)14-12-24(21)26/h5-7,9,15,17,20-21,23-24H,4,8,10-14,16H2,1-3H3,(H2,29,30,31). The van der Waals surface area contributed by atoms with E-state index in [4.69, 9.17) is 12.2 Å². The number of pyridine rings is 1. The molecule has 0 saturated heterocycles. The average Bonchev–Trinajstić information content (AvgIpc) is 3.12. The molecule has 2 saturated carbocycles. The first kappa shape index (κ1) is 21.2. The van der Waals surface area contributed by atoms with Crippen LogP contribution >= 0.6 is 12.2 Å². The smallest absolute Gasteiger partial charge is 0.166 e. The van der Waals surface area contributed by atoms with E-state index < -0.39 is 0 Å². The maximum Gasteiger partial charge on any atom is 0.166 e. The third-order valence-corrected chi connectivity index (χ3v) is 9.59. The molecule has 166 valence electrons. The van der Waals surface area contributed by atoms with Gasteiger partial charge in [-0.3, -0.25) is 4.98 Å². The van der Waals surface area contributed by atoms with Gasteiger partial charge in [0.1, 0.15) is 0 Å². The number of allylic oxidation sites excluding steroid dienone is 3. The lowest BCUT2D eigenvalue weighted by atomic mass is 9.47. The second-order valence-electron chi connectivity index (χ2n) is 10.8. The molecule has 0 spiro atoms. The predicted octanol–water partition coefficient (Wildman–Crippen LogP) is 5.89. The normalized spacial score (nSPS) is 38.8. The molecule has 0 radical (unpaired) electrons. The molecule has 2 fully saturated rings. The zero-order chi connectivity index (χ0) is 21.6. The third kappa shape index (κ3) is 3.46. The Kier molecular flexibility index (Phi) is 5.48. The van der Waals surface area contributed by atoms with Gasteiger partial charge in [0, 0.05) is 25.0 Å². The summed E-state index contributed by atoms with van der Waals surface area (Å²) in [7, 11) is 0. The number of nitrogens with zero attached hydrogens (tertiary/aromatic N) is 1. The van der Waals surface area contributed by atoms with Gasteiger partial charge in [-0.2, -0.15) is 0 Å². The summed E-state index contributed by atoms with van der Waals surface area (Å²) >= 11 is 5.46. The molecule has 0 amide bonds. The summed E-state index contributed by atoms with van der Waals surface area (Å²) in [5.74, 6) is 2.41. The number of nitrogens with one attached hydrogen (secondary N) is 2. The minimum absolute atomic E-state index is 0.308. The fraction of sp³-hybridized carbons (Fsp3) is 0.630. The Bertz CT molecular complexity index is 906. The van der Waals surface area contributed by atoms with Crippen molar-refractivity contribution in [2.24, 2.45) is 28.6 Å². The molecule has 3 nitrogen and oxygen atoms in total. The molecule has 1 aromatic heterocycles. The summed E-state index contributed by atoms with van der Waals surface area (Å²) in [6.45, 7) is 8.12. The van der Waals surface area contributed by atoms with Gasteiger partial charge in [0.25, 0.3) is 0 Å². The molecule has 4 aliphatic carbocycles. The number of aromatic nitrogens is 1. The van der Waals surface area contributed by atoms with Crippen molar-refractivity contribution in [3.63, 3.8) is 0 Å². The molecule has 31 heavy (non-hydrogen) atoms. The number of rotatable bonds is 3. The maximum absolute atomic E-state index is 5.46. The Morgan fingerprint density at radius 3 is 2.74 bits per heavy atom. The van der Waals surface area contributed by atoms with Crippen LogP contribution in [0.5, 0.6) is 0 Å². The van der Waals surface area contributed by atoms with Crippen molar-refractivity contribution in [3.8, 4) is 0 Å². The topological polar surface area (TPSA) is 37.0 Å². The number of fused-ring (bicyclic) bond motifs is 5. The number of hydrogen-bond acceptors (Lipinski definition) is 2. The van der Waals surface area contributed by atoms with E-state index in [9.17, 15) is 0 Å². The van der Waals surface area contributed by atoms with Crippen LogP contribution in [0, 0.1) is 28.6 Å². The molecule has 6 atom stereocenters. The monoisotopic (exact) mass is 435 g/mol. The Morgan fingerprint density at radius 2 is 1.97 bits per heavy atom. The second kappa shape index (κ2) is 8.03. The Balaban J connectivity index is 1.35. The highest BCUT2D eigenvalue weighted by Crippen LogP contribution is 2.66. The van der Waals surface area contributed by atoms with E-state index in [0.29, 0.717) is 16.9 Å². The van der Waals surface area contributed by atoms with Crippen LogP contribution < -0.4 is 10.6 Å². The molecule has 1 heterocycles. The van der Waals surface area contributed by atoms with Crippen molar-refractivity contribution in [1.82, 2.24) is 15.6 Å². The van der Waals surface area contributed by atoms with E-state index in [1.807, 2.05) is 6.20 Å². The summed E-state index contributed by atoms with van der Waals surface area (Å²) in [6.07, 6.45) is 18.0. The van der Waals surface area contributed by atoms with E-state index >= 15 is 0 Å². The lowest BCUT2D eigenvalue weighted by Crippen LogP contribution is -2.52. The van der Waals surface area contributed by atoms with Crippen LogP contribution in [0.2, 0.25) is 0 Å². The van der Waals surface area contributed by atoms with Crippen LogP contribution in [0.4, 0.5) is 0 Å². The van der Waals surface area contributed by atoms with Crippen LogP contribution in [-0.4, -0.2) is 22.7 Å². The van der Waals surface area contributed by atoms with Gasteiger partial charge in [0.2, 0.25) is 0 Å². The van der Waals surface area contributed by atoms with Crippen LogP contribution in [-0.2, 0) is 0 Å². The molecule has 0 aromatic carbocycles. The average molecular weight is 436 g/mol. The van der Waals surface area contributed by atoms with Gasteiger partial charge in [-0.05, 0) is 110 Å². The predicted molar refractivity (Wildman–Crippen MR) is 132 cm³/mol. The van der Waals surface area contributed by atoms with E-state index in [2.05, 4.69) is 66.9 Å². The fourth-order valence-electron chi connectivity index (χ4n) is 7.72. The molecule has 0 aliphatic heterocycles. The van der Waals surface area contributed by atoms with E-state index in [1.165, 1.54) is 44.1 Å². The molecule has 4 heteroatoms. The van der Waals surface area contributed by atoms with Crippen molar-refractivity contribution in [3.05, 3.63) is 47.8 Å². The van der Waals surface area contributed by atoms with Crippen molar-refractivity contribution < 1.29 is 0 Å². The Labute approximate surface area is 193 Å². The SMILES string of the molecule is CCNC(=S)NC1CCC2(C)C(=CCC3C2CCC2(C)C(c4cccnc4)=CCC32)C1. The third-order valence-electron chi connectivity index (χ3n) is 9.33. The van der Waals surface area contributed by atoms with Crippen LogP contribution in [0.15, 0.2) is 42.3 Å². The molecular weight excluding hydrogens is 398 g/mol. The minimum Gasteiger partial charge on any atom is -0.363 e. The molecule has 1 aromatic rings. The first-order chi connectivity index (χ1) is 15.0. The molecule has 0 bridgehead atoms. The second-order valence-corrected chi connectivity index (χ2v) is 11.2. The van der Waals surface area contributed by atoms with Gasteiger partial charge in [0.05, 0.1) is 0 Å². The van der Waals surface area contributed by atoms with Gasteiger partial charge in [0.15, 0.2) is 5.11 Å². The van der Waals surface area contributed by atoms with Gasteiger partial charge in [-0.25, -0.2) is 0 Å². The Morgan fingerprint density at radius 1 is 1.13 bits per heavy atom. The first-order valence-electron chi connectivity index (χ1n) is 12.3. The van der Waals surface area contributed by atoms with Gasteiger partial charge >= 0.3 is 0 Å². The summed E-state index contributed by atoms with van der Waals surface area (Å²) in [6, 6.07) is 4.83. The fourth-order valence-corrected chi connectivity index (χ4v) is 8.03. The lowest BCUT2D eigenvalue weighted by Gasteiger charge is -2.58. The highest BCUT2D eigenvalue weighted by atomic mass is 32.1. The number of thiocarbonyl (C=S) groups is 1. The van der Waals surface area contributed by atoms with Gasteiger partial charge in [-0.15, -0.1) is 0 Å². The van der Waals surface area contributed by atoms with Gasteiger partial charge in [-0.1, -0.05) is 37.6 Å². The maximum atomic E-state index is 5.46. The van der Waals surface area contributed by atoms with Crippen molar-refractivity contribution >= 4 is 22.9 Å². The van der Waals surface area contributed by atoms with Crippen molar-refractivity contribution in [2.75, 3.05) is 6.54 Å². The first-order valence-corrected chi connectivity index (χ1v) is 12.7. The van der Waals surface area contributed by atoms with E-state index in [-0.39, 0.29) is 0 Å². The molecule has 5 rings (SSSR count). The van der Waals surface area contributed by atoms with E-state index in [1.54, 1.807) is 11.1 Å². The number of hydrogen-bond donors (Lipinski definition) is 2. The lowest BCUT2D eigenvalue weighted by molar-refractivity contribution is -0.0118. The molecule has 6 unspecified atom stereocenters. The van der Waals surface area contributed by atoms with Crippen molar-refractivity contribution in [1.29, 1.82) is 0 Å².